The Morgan fingerprint density at radius 2 is 1.52 bits per heavy atom. The van der Waals surface area contributed by atoms with Crippen molar-refractivity contribution in [3.8, 4) is 0 Å². The molecule has 0 atom stereocenters. The zero-order valence-corrected chi connectivity index (χ0v) is 14.8. The lowest BCUT2D eigenvalue weighted by Gasteiger charge is -2.36. The Balaban J connectivity index is 1.42. The summed E-state index contributed by atoms with van der Waals surface area (Å²) < 4.78 is 0. The van der Waals surface area contributed by atoms with Gasteiger partial charge in [-0.15, -0.1) is 0 Å². The Morgan fingerprint density at radius 3 is 2.26 bits per heavy atom. The number of rotatable bonds is 4. The van der Waals surface area contributed by atoms with Crippen LogP contribution in [-0.4, -0.2) is 47.0 Å². The van der Waals surface area contributed by atoms with Crippen molar-refractivity contribution in [2.75, 3.05) is 41.3 Å². The van der Waals surface area contributed by atoms with Gasteiger partial charge in [0.15, 0.2) is 0 Å². The Labute approximate surface area is 157 Å². The van der Waals surface area contributed by atoms with E-state index in [2.05, 4.69) is 30.1 Å². The zero-order valence-electron chi connectivity index (χ0n) is 14.8. The van der Waals surface area contributed by atoms with Gasteiger partial charge >= 0.3 is 0 Å². The molecule has 7 heteroatoms. The van der Waals surface area contributed by atoms with Crippen LogP contribution < -0.4 is 15.1 Å². The van der Waals surface area contributed by atoms with Gasteiger partial charge in [0.05, 0.1) is 0 Å². The van der Waals surface area contributed by atoms with Crippen molar-refractivity contribution in [2.24, 2.45) is 0 Å². The second-order valence-electron chi connectivity index (χ2n) is 6.24. The number of nitrogens with zero attached hydrogens (tertiary/aromatic N) is 5. The maximum Gasteiger partial charge on any atom is 0.274 e. The van der Waals surface area contributed by atoms with E-state index in [0.717, 1.165) is 43.5 Å². The molecule has 1 saturated heterocycles. The highest BCUT2D eigenvalue weighted by molar-refractivity contribution is 6.03. The van der Waals surface area contributed by atoms with Crippen LogP contribution in [0.5, 0.6) is 0 Å². The molecule has 0 radical (unpaired) electrons. The molecule has 1 aromatic carbocycles. The highest BCUT2D eigenvalue weighted by atomic mass is 16.1. The molecule has 0 unspecified atom stereocenters. The van der Waals surface area contributed by atoms with Gasteiger partial charge in [0.25, 0.3) is 5.91 Å². The third-order valence-electron chi connectivity index (χ3n) is 4.49. The standard InChI is InChI=1S/C20H20N6O/c27-19(24-16-5-2-1-3-6-16)18-15-17(7-10-21-18)25-11-13-26(14-12-25)20-22-8-4-9-23-20/h1-10,15H,11-14H2,(H,24,27). The summed E-state index contributed by atoms with van der Waals surface area (Å²) in [6.07, 6.45) is 5.20. The molecule has 4 rings (SSSR count). The molecule has 7 nitrogen and oxygen atoms in total. The summed E-state index contributed by atoms with van der Waals surface area (Å²) in [6, 6.07) is 15.0. The topological polar surface area (TPSA) is 74.2 Å². The number of benzene rings is 1. The first-order valence-electron chi connectivity index (χ1n) is 8.89. The Hall–Kier alpha value is -3.48. The van der Waals surface area contributed by atoms with Crippen LogP contribution in [0.4, 0.5) is 17.3 Å². The molecular weight excluding hydrogens is 340 g/mol. The van der Waals surface area contributed by atoms with Gasteiger partial charge in [-0.1, -0.05) is 18.2 Å². The lowest BCUT2D eigenvalue weighted by molar-refractivity contribution is 0.102. The average Bonchev–Trinajstić information content (AvgIpc) is 2.75. The fraction of sp³-hybridized carbons (Fsp3) is 0.200. The Bertz CT molecular complexity index is 895. The number of piperazine rings is 1. The normalized spacial score (nSPS) is 14.1. The van der Waals surface area contributed by atoms with Crippen LogP contribution in [0.3, 0.4) is 0 Å². The lowest BCUT2D eigenvalue weighted by atomic mass is 10.2. The molecular formula is C20H20N6O. The molecule has 0 bridgehead atoms. The predicted octanol–water partition coefficient (Wildman–Crippen LogP) is 2.45. The summed E-state index contributed by atoms with van der Waals surface area (Å²) in [5.41, 5.74) is 2.16. The third kappa shape index (κ3) is 4.03. The van der Waals surface area contributed by atoms with Crippen LogP contribution in [0, 0.1) is 0 Å². The summed E-state index contributed by atoms with van der Waals surface area (Å²) in [5.74, 6) is 0.550. The quantitative estimate of drug-likeness (QED) is 0.770. The van der Waals surface area contributed by atoms with E-state index in [1.165, 1.54) is 0 Å². The molecule has 0 aliphatic carbocycles. The monoisotopic (exact) mass is 360 g/mol. The number of carbonyl (C=O) groups excluding carboxylic acids is 1. The van der Waals surface area contributed by atoms with Gasteiger partial charge in [-0.3, -0.25) is 9.78 Å². The van der Waals surface area contributed by atoms with Crippen LogP contribution in [0.25, 0.3) is 0 Å². The number of aromatic nitrogens is 3. The molecule has 1 aliphatic heterocycles. The van der Waals surface area contributed by atoms with Gasteiger partial charge < -0.3 is 15.1 Å². The van der Waals surface area contributed by atoms with Crippen molar-refractivity contribution in [2.45, 2.75) is 0 Å². The number of pyridine rings is 1. The number of carbonyl (C=O) groups is 1. The summed E-state index contributed by atoms with van der Waals surface area (Å²) in [6.45, 7) is 3.33. The second-order valence-corrected chi connectivity index (χ2v) is 6.24. The number of nitrogens with one attached hydrogen (secondary N) is 1. The Kier molecular flexibility index (Phi) is 4.91. The highest BCUT2D eigenvalue weighted by Gasteiger charge is 2.20. The van der Waals surface area contributed by atoms with Crippen LogP contribution in [0.1, 0.15) is 10.5 Å². The van der Waals surface area contributed by atoms with E-state index in [1.807, 2.05) is 48.5 Å². The first-order valence-corrected chi connectivity index (χ1v) is 8.89. The summed E-state index contributed by atoms with van der Waals surface area (Å²) in [7, 11) is 0. The fourth-order valence-electron chi connectivity index (χ4n) is 3.08. The van der Waals surface area contributed by atoms with Crippen molar-refractivity contribution in [1.82, 2.24) is 15.0 Å². The third-order valence-corrected chi connectivity index (χ3v) is 4.49. The predicted molar refractivity (Wildman–Crippen MR) is 105 cm³/mol. The van der Waals surface area contributed by atoms with E-state index in [9.17, 15) is 4.79 Å². The van der Waals surface area contributed by atoms with Crippen LogP contribution in [-0.2, 0) is 0 Å². The van der Waals surface area contributed by atoms with Crippen molar-refractivity contribution < 1.29 is 4.79 Å². The van der Waals surface area contributed by atoms with Gasteiger partial charge in [0, 0.05) is 56.1 Å². The van der Waals surface area contributed by atoms with E-state index in [1.54, 1.807) is 18.6 Å². The maximum atomic E-state index is 12.5. The fourth-order valence-corrected chi connectivity index (χ4v) is 3.08. The number of anilines is 3. The SMILES string of the molecule is O=C(Nc1ccccc1)c1cc(N2CCN(c3ncccn3)CC2)ccn1. The van der Waals surface area contributed by atoms with Crippen molar-refractivity contribution in [3.05, 3.63) is 72.8 Å². The molecule has 0 saturated carbocycles. The highest BCUT2D eigenvalue weighted by Crippen LogP contribution is 2.19. The molecule has 1 aliphatic rings. The molecule has 136 valence electrons. The molecule has 1 amide bonds. The molecule has 1 N–H and O–H groups in total. The summed E-state index contributed by atoms with van der Waals surface area (Å²) in [4.78, 5) is 29.7. The number of hydrogen-bond donors (Lipinski definition) is 1. The Morgan fingerprint density at radius 1 is 0.815 bits per heavy atom. The van der Waals surface area contributed by atoms with Gasteiger partial charge in [-0.25, -0.2) is 9.97 Å². The van der Waals surface area contributed by atoms with E-state index in [-0.39, 0.29) is 5.91 Å². The van der Waals surface area contributed by atoms with Crippen LogP contribution in [0.2, 0.25) is 0 Å². The molecule has 0 spiro atoms. The minimum absolute atomic E-state index is 0.209. The van der Waals surface area contributed by atoms with Gasteiger partial charge in [0.1, 0.15) is 5.69 Å². The zero-order chi connectivity index (χ0) is 18.5. The van der Waals surface area contributed by atoms with E-state index < -0.39 is 0 Å². The molecule has 3 aromatic rings. The number of para-hydroxylation sites is 1. The molecule has 27 heavy (non-hydrogen) atoms. The summed E-state index contributed by atoms with van der Waals surface area (Å²) in [5, 5.41) is 2.87. The van der Waals surface area contributed by atoms with Gasteiger partial charge in [-0.05, 0) is 30.3 Å². The molecule has 1 fully saturated rings. The van der Waals surface area contributed by atoms with Crippen molar-refractivity contribution in [1.29, 1.82) is 0 Å². The smallest absolute Gasteiger partial charge is 0.274 e. The summed E-state index contributed by atoms with van der Waals surface area (Å²) >= 11 is 0. The van der Waals surface area contributed by atoms with Gasteiger partial charge in [0.2, 0.25) is 5.95 Å². The van der Waals surface area contributed by atoms with Gasteiger partial charge in [-0.2, -0.15) is 0 Å². The lowest BCUT2D eigenvalue weighted by Crippen LogP contribution is -2.47. The number of hydrogen-bond acceptors (Lipinski definition) is 6. The first kappa shape index (κ1) is 17.0. The first-order chi connectivity index (χ1) is 13.3. The van der Waals surface area contributed by atoms with Crippen molar-refractivity contribution >= 4 is 23.2 Å². The molecule has 2 aromatic heterocycles. The maximum absolute atomic E-state index is 12.5. The van der Waals surface area contributed by atoms with E-state index in [4.69, 9.17) is 0 Å². The second kappa shape index (κ2) is 7.82. The van der Waals surface area contributed by atoms with E-state index in [0.29, 0.717) is 5.69 Å². The largest absolute Gasteiger partial charge is 0.368 e. The number of amides is 1. The van der Waals surface area contributed by atoms with Crippen molar-refractivity contribution in [3.63, 3.8) is 0 Å². The van der Waals surface area contributed by atoms with Crippen LogP contribution in [0.15, 0.2) is 67.1 Å². The minimum Gasteiger partial charge on any atom is -0.368 e. The van der Waals surface area contributed by atoms with E-state index >= 15 is 0 Å². The van der Waals surface area contributed by atoms with Crippen LogP contribution >= 0.6 is 0 Å². The minimum atomic E-state index is -0.209. The average molecular weight is 360 g/mol. The molecule has 3 heterocycles.